The largest absolute Gasteiger partial charge is 0.468 e. The molecule has 1 aromatic rings. The van der Waals surface area contributed by atoms with Crippen LogP contribution in [-0.2, 0) is 19.7 Å². The van der Waals surface area contributed by atoms with Crippen molar-refractivity contribution in [1.82, 2.24) is 19.1 Å². The fourth-order valence-corrected chi connectivity index (χ4v) is 3.96. The van der Waals surface area contributed by atoms with Crippen LogP contribution in [0.5, 0.6) is 5.88 Å². The van der Waals surface area contributed by atoms with Crippen LogP contribution in [0.25, 0.3) is 0 Å². The number of nitrogens with one attached hydrogen (secondary N) is 1. The maximum atomic E-state index is 12.5. The first-order chi connectivity index (χ1) is 12.2. The minimum atomic E-state index is -3.82. The van der Waals surface area contributed by atoms with Gasteiger partial charge in [-0.15, -0.1) is 5.06 Å². The number of hydrogen-bond acceptors (Lipinski definition) is 7. The molecule has 0 radical (unpaired) electrons. The van der Waals surface area contributed by atoms with Crippen LogP contribution in [-0.4, -0.2) is 68.1 Å². The number of carbonyl (C=O) groups excluding carboxylic acids is 1. The van der Waals surface area contributed by atoms with Crippen molar-refractivity contribution in [2.45, 2.75) is 19.9 Å². The number of hydrogen-bond donors (Lipinski definition) is 1. The Labute approximate surface area is 158 Å². The predicted octanol–water partition coefficient (Wildman–Crippen LogP) is 0.678. The first kappa shape index (κ1) is 20.8. The van der Waals surface area contributed by atoms with Gasteiger partial charge in [0.05, 0.1) is 12.1 Å². The summed E-state index contributed by atoms with van der Waals surface area (Å²) in [5.41, 5.74) is 0. The summed E-state index contributed by atoms with van der Waals surface area (Å²) in [5, 5.41) is 2.13. The third kappa shape index (κ3) is 5.52. The highest BCUT2D eigenvalue weighted by Gasteiger charge is 2.33. The second-order valence-corrected chi connectivity index (χ2v) is 8.24. The molecule has 0 saturated carbocycles. The van der Waals surface area contributed by atoms with E-state index in [4.69, 9.17) is 16.4 Å². The van der Waals surface area contributed by atoms with E-state index >= 15 is 0 Å². The molecular formula is C15H23ClN4O5S. The normalized spacial score (nSPS) is 17.9. The molecule has 0 bridgehead atoms. The van der Waals surface area contributed by atoms with Gasteiger partial charge in [0, 0.05) is 38.4 Å². The van der Waals surface area contributed by atoms with Crippen LogP contribution in [0.3, 0.4) is 0 Å². The van der Waals surface area contributed by atoms with Gasteiger partial charge in [0.25, 0.3) is 10.2 Å². The molecule has 146 valence electrons. The second kappa shape index (κ2) is 8.96. The molecule has 1 saturated heterocycles. The van der Waals surface area contributed by atoms with Crippen LogP contribution in [0.15, 0.2) is 18.3 Å². The molecule has 1 aliphatic heterocycles. The summed E-state index contributed by atoms with van der Waals surface area (Å²) in [4.78, 5) is 21.4. The zero-order valence-electron chi connectivity index (χ0n) is 14.9. The number of ether oxygens (including phenoxy) is 1. The van der Waals surface area contributed by atoms with Crippen molar-refractivity contribution in [3.8, 4) is 5.88 Å². The summed E-state index contributed by atoms with van der Waals surface area (Å²) >= 11 is 5.78. The average Bonchev–Trinajstić information content (AvgIpc) is 2.61. The molecule has 0 unspecified atom stereocenters. The van der Waals surface area contributed by atoms with Crippen LogP contribution in [0, 0.1) is 5.92 Å². The molecule has 0 spiro atoms. The standard InChI is InChI=1S/C15H23ClN4O5S/c1-11(2)14(15(21)24-3)18-26(22,23)20-8-6-19(7-9-20)25-13-5-4-12(16)10-17-13/h4-5,10-11,14,18H,6-9H2,1-3H3/t14-/m1/s1. The smallest absolute Gasteiger partial charge is 0.324 e. The van der Waals surface area contributed by atoms with Gasteiger partial charge >= 0.3 is 5.97 Å². The Balaban J connectivity index is 1.92. The van der Waals surface area contributed by atoms with E-state index in [1.165, 1.54) is 17.6 Å². The van der Waals surface area contributed by atoms with Crippen LogP contribution in [0.2, 0.25) is 5.02 Å². The molecule has 1 atom stereocenters. The number of pyridine rings is 1. The second-order valence-electron chi connectivity index (χ2n) is 6.10. The van der Waals surface area contributed by atoms with Crippen molar-refractivity contribution in [1.29, 1.82) is 0 Å². The van der Waals surface area contributed by atoms with Gasteiger partial charge in [-0.1, -0.05) is 25.4 Å². The first-order valence-corrected chi connectivity index (χ1v) is 9.94. The molecule has 1 N–H and O–H groups in total. The molecule has 1 aliphatic rings. The maximum absolute atomic E-state index is 12.5. The highest BCUT2D eigenvalue weighted by atomic mass is 35.5. The summed E-state index contributed by atoms with van der Waals surface area (Å²) in [6.45, 7) is 4.64. The average molecular weight is 407 g/mol. The molecule has 26 heavy (non-hydrogen) atoms. The zero-order chi connectivity index (χ0) is 19.3. The Morgan fingerprint density at radius 1 is 1.27 bits per heavy atom. The summed E-state index contributed by atoms with van der Waals surface area (Å²) < 4.78 is 33.5. The lowest BCUT2D eigenvalue weighted by Crippen LogP contribution is -2.56. The zero-order valence-corrected chi connectivity index (χ0v) is 16.5. The van der Waals surface area contributed by atoms with E-state index < -0.39 is 22.2 Å². The fraction of sp³-hybridized carbons (Fsp3) is 0.600. The maximum Gasteiger partial charge on any atom is 0.324 e. The highest BCUT2D eigenvalue weighted by molar-refractivity contribution is 7.87. The lowest BCUT2D eigenvalue weighted by Gasteiger charge is -2.33. The van der Waals surface area contributed by atoms with Crippen molar-refractivity contribution in [3.63, 3.8) is 0 Å². The van der Waals surface area contributed by atoms with Crippen LogP contribution in [0.4, 0.5) is 0 Å². The lowest BCUT2D eigenvalue weighted by atomic mass is 10.1. The van der Waals surface area contributed by atoms with Gasteiger partial charge in [-0.3, -0.25) is 4.79 Å². The summed E-state index contributed by atoms with van der Waals surface area (Å²) in [6.07, 6.45) is 1.47. The number of rotatable bonds is 7. The highest BCUT2D eigenvalue weighted by Crippen LogP contribution is 2.15. The van der Waals surface area contributed by atoms with Crippen LogP contribution >= 0.6 is 11.6 Å². The summed E-state index contributed by atoms with van der Waals surface area (Å²) in [6, 6.07) is 2.36. The fourth-order valence-electron chi connectivity index (χ4n) is 2.37. The van der Waals surface area contributed by atoms with Crippen molar-refractivity contribution < 1.29 is 22.8 Å². The van der Waals surface area contributed by atoms with E-state index in [0.29, 0.717) is 24.0 Å². The molecule has 11 heteroatoms. The molecule has 2 heterocycles. The third-order valence-corrected chi connectivity index (χ3v) is 5.68. The van der Waals surface area contributed by atoms with E-state index in [9.17, 15) is 13.2 Å². The molecule has 2 rings (SSSR count). The van der Waals surface area contributed by atoms with E-state index in [1.54, 1.807) is 31.0 Å². The van der Waals surface area contributed by atoms with Gasteiger partial charge in [-0.05, 0) is 12.0 Å². The molecule has 1 aromatic heterocycles. The van der Waals surface area contributed by atoms with Crippen LogP contribution < -0.4 is 9.56 Å². The Kier molecular flexibility index (Phi) is 7.18. The minimum absolute atomic E-state index is 0.217. The van der Waals surface area contributed by atoms with E-state index in [1.807, 2.05) is 0 Å². The van der Waals surface area contributed by atoms with Crippen molar-refractivity contribution in [2.75, 3.05) is 33.3 Å². The third-order valence-electron chi connectivity index (χ3n) is 3.86. The first-order valence-electron chi connectivity index (χ1n) is 8.12. The Hall–Kier alpha value is -1.46. The van der Waals surface area contributed by atoms with Crippen molar-refractivity contribution in [2.24, 2.45) is 5.92 Å². The van der Waals surface area contributed by atoms with Gasteiger partial charge in [-0.25, -0.2) is 4.98 Å². The van der Waals surface area contributed by atoms with Gasteiger partial charge in [0.2, 0.25) is 5.88 Å². The Morgan fingerprint density at radius 3 is 2.42 bits per heavy atom. The number of halogens is 1. The number of esters is 1. The Morgan fingerprint density at radius 2 is 1.92 bits per heavy atom. The number of nitrogens with zero attached hydrogens (tertiary/aromatic N) is 3. The molecule has 1 fully saturated rings. The molecule has 0 amide bonds. The molecular weight excluding hydrogens is 384 g/mol. The minimum Gasteiger partial charge on any atom is -0.468 e. The van der Waals surface area contributed by atoms with Gasteiger partial charge < -0.3 is 9.57 Å². The molecule has 9 nitrogen and oxygen atoms in total. The van der Waals surface area contributed by atoms with E-state index in [0.717, 1.165) is 0 Å². The SMILES string of the molecule is COC(=O)[C@H](NS(=O)(=O)N1CCN(Oc2ccc(Cl)cn2)CC1)C(C)C. The quantitative estimate of drug-likeness (QED) is 0.664. The summed E-state index contributed by atoms with van der Waals surface area (Å²) in [7, 11) is -2.59. The molecule has 0 aromatic carbocycles. The Bertz CT molecular complexity index is 705. The van der Waals surface area contributed by atoms with Gasteiger partial charge in [-0.2, -0.15) is 17.4 Å². The number of piperazine rings is 1. The van der Waals surface area contributed by atoms with Crippen molar-refractivity contribution >= 4 is 27.8 Å². The predicted molar refractivity (Wildman–Crippen MR) is 95.7 cm³/mol. The number of hydroxylamine groups is 2. The van der Waals surface area contributed by atoms with E-state index in [-0.39, 0.29) is 19.0 Å². The number of carbonyl (C=O) groups is 1. The topological polar surface area (TPSA) is 101 Å². The van der Waals surface area contributed by atoms with Crippen molar-refractivity contribution in [3.05, 3.63) is 23.4 Å². The van der Waals surface area contributed by atoms with E-state index in [2.05, 4.69) is 14.4 Å². The number of aromatic nitrogens is 1. The lowest BCUT2D eigenvalue weighted by molar-refractivity contribution is -0.143. The van der Waals surface area contributed by atoms with Gasteiger partial charge in [0.1, 0.15) is 6.04 Å². The summed E-state index contributed by atoms with van der Waals surface area (Å²) in [5.74, 6) is -0.466. The monoisotopic (exact) mass is 406 g/mol. The van der Waals surface area contributed by atoms with Crippen LogP contribution in [0.1, 0.15) is 13.8 Å². The molecule has 0 aliphatic carbocycles. The number of methoxy groups -OCH3 is 1. The van der Waals surface area contributed by atoms with Gasteiger partial charge in [0.15, 0.2) is 0 Å².